The minimum atomic E-state index is 0.610. The number of allylic oxidation sites excluding steroid dienone is 2. The number of benzene rings is 2. The van der Waals surface area contributed by atoms with E-state index < -0.39 is 0 Å². The van der Waals surface area contributed by atoms with Gasteiger partial charge in [0.2, 0.25) is 0 Å². The summed E-state index contributed by atoms with van der Waals surface area (Å²) >= 11 is 4.95. The largest absolute Gasteiger partial charge is 0.192 e. The van der Waals surface area contributed by atoms with E-state index in [1.807, 2.05) is 78.9 Å². The van der Waals surface area contributed by atoms with Gasteiger partial charge in [-0.15, -0.1) is 11.3 Å². The highest BCUT2D eigenvalue weighted by Gasteiger charge is 2.05. The van der Waals surface area contributed by atoms with Crippen LogP contribution >= 0.6 is 27.3 Å². The van der Waals surface area contributed by atoms with E-state index in [1.165, 1.54) is 0 Å². The fraction of sp³-hybridized carbons (Fsp3) is 0. The van der Waals surface area contributed by atoms with Gasteiger partial charge in [-0.1, -0.05) is 58.4 Å². The second kappa shape index (κ2) is 8.45. The lowest BCUT2D eigenvalue weighted by Gasteiger charge is -1.99. The summed E-state index contributed by atoms with van der Waals surface area (Å²) in [4.78, 5) is 1.95. The summed E-state index contributed by atoms with van der Waals surface area (Å²) in [5.74, 6) is 0. The lowest BCUT2D eigenvalue weighted by atomic mass is 10.1. The van der Waals surface area contributed by atoms with Crippen molar-refractivity contribution in [2.75, 3.05) is 0 Å². The Morgan fingerprint density at radius 2 is 1.23 bits per heavy atom. The van der Waals surface area contributed by atoms with Crippen molar-refractivity contribution in [3.05, 3.63) is 92.1 Å². The second-order valence-electron chi connectivity index (χ2n) is 5.45. The molecular weight excluding hydrogens is 404 g/mol. The maximum absolute atomic E-state index is 9.47. The number of halogens is 1. The van der Waals surface area contributed by atoms with E-state index in [0.29, 0.717) is 11.1 Å². The van der Waals surface area contributed by atoms with E-state index in [2.05, 4.69) is 28.1 Å². The highest BCUT2D eigenvalue weighted by Crippen LogP contribution is 2.27. The Balaban J connectivity index is 1.90. The third kappa shape index (κ3) is 4.37. The van der Waals surface area contributed by atoms with Gasteiger partial charge in [0, 0.05) is 14.2 Å². The molecule has 0 radical (unpaired) electrons. The van der Waals surface area contributed by atoms with Crippen LogP contribution in [0.3, 0.4) is 0 Å². The number of nitrogens with zero attached hydrogens (tertiary/aromatic N) is 2. The van der Waals surface area contributed by atoms with Crippen molar-refractivity contribution >= 4 is 50.6 Å². The van der Waals surface area contributed by atoms with E-state index in [1.54, 1.807) is 11.3 Å². The molecule has 0 aliphatic heterocycles. The van der Waals surface area contributed by atoms with Gasteiger partial charge in [-0.05, 0) is 47.5 Å². The Bertz CT molecular complexity index is 1050. The summed E-state index contributed by atoms with van der Waals surface area (Å²) in [6.07, 6.45) is 3.75. The van der Waals surface area contributed by atoms with Crippen LogP contribution in [-0.4, -0.2) is 0 Å². The first kappa shape index (κ1) is 17.9. The van der Waals surface area contributed by atoms with Gasteiger partial charge >= 0.3 is 0 Å². The van der Waals surface area contributed by atoms with Gasteiger partial charge < -0.3 is 0 Å². The van der Waals surface area contributed by atoms with Crippen LogP contribution in [0, 0.1) is 22.7 Å². The highest BCUT2D eigenvalue weighted by atomic mass is 79.9. The molecule has 2 nitrogen and oxygen atoms in total. The summed E-state index contributed by atoms with van der Waals surface area (Å²) in [5.41, 5.74) is 3.01. The summed E-state index contributed by atoms with van der Waals surface area (Å²) in [5, 5.41) is 18.9. The molecule has 3 rings (SSSR count). The summed E-state index contributed by atoms with van der Waals surface area (Å²) in [6, 6.07) is 25.7. The fourth-order valence-corrected chi connectivity index (χ4v) is 3.58. The molecule has 0 aliphatic rings. The van der Waals surface area contributed by atoms with E-state index >= 15 is 0 Å². The molecule has 0 fully saturated rings. The van der Waals surface area contributed by atoms with Gasteiger partial charge in [0.25, 0.3) is 0 Å². The van der Waals surface area contributed by atoms with Crippen molar-refractivity contribution in [3.63, 3.8) is 0 Å². The number of hydrogen-bond donors (Lipinski definition) is 0. The van der Waals surface area contributed by atoms with Gasteiger partial charge in [0.05, 0.1) is 23.3 Å². The number of nitriles is 2. The van der Waals surface area contributed by atoms with Crippen molar-refractivity contribution in [2.45, 2.75) is 0 Å². The fourth-order valence-electron chi connectivity index (χ4n) is 2.42. The van der Waals surface area contributed by atoms with E-state index in [0.717, 1.165) is 25.4 Å². The minimum Gasteiger partial charge on any atom is -0.192 e. The van der Waals surface area contributed by atoms with Crippen LogP contribution in [0.4, 0.5) is 0 Å². The molecule has 0 spiro atoms. The SMILES string of the molecule is N#C/C(=C\c1ccc(/C=C(\C#N)c2ccc(Br)cc2)s1)c1ccccc1. The Morgan fingerprint density at radius 3 is 1.73 bits per heavy atom. The zero-order valence-corrected chi connectivity index (χ0v) is 16.1. The molecule has 0 saturated carbocycles. The van der Waals surface area contributed by atoms with Crippen LogP contribution in [0.5, 0.6) is 0 Å². The van der Waals surface area contributed by atoms with Crippen LogP contribution in [0.1, 0.15) is 20.9 Å². The van der Waals surface area contributed by atoms with Crippen LogP contribution in [0.25, 0.3) is 23.3 Å². The van der Waals surface area contributed by atoms with Gasteiger partial charge in [-0.25, -0.2) is 0 Å². The molecule has 0 saturated heterocycles. The standard InChI is InChI=1S/C22H13BrN2S/c23-20-8-6-17(7-9-20)19(15-25)13-22-11-10-21(26-22)12-18(14-24)16-4-2-1-3-5-16/h1-13H/b18-12+,19-13+. The summed E-state index contributed by atoms with van der Waals surface area (Å²) in [7, 11) is 0. The second-order valence-corrected chi connectivity index (χ2v) is 7.52. The third-order valence-corrected chi connectivity index (χ3v) is 5.21. The van der Waals surface area contributed by atoms with E-state index in [-0.39, 0.29) is 0 Å². The number of thiophene rings is 1. The molecule has 0 unspecified atom stereocenters. The Morgan fingerprint density at radius 1 is 0.731 bits per heavy atom. The van der Waals surface area contributed by atoms with E-state index in [4.69, 9.17) is 0 Å². The lowest BCUT2D eigenvalue weighted by molar-refractivity contribution is 1.52. The first-order valence-corrected chi connectivity index (χ1v) is 9.45. The normalized spacial score (nSPS) is 11.7. The van der Waals surface area contributed by atoms with Crippen LogP contribution in [-0.2, 0) is 0 Å². The van der Waals surface area contributed by atoms with Crippen LogP contribution in [0.15, 0.2) is 71.2 Å². The number of rotatable bonds is 4. The molecule has 1 heterocycles. The van der Waals surface area contributed by atoms with Gasteiger partial charge in [-0.3, -0.25) is 0 Å². The molecule has 1 aromatic heterocycles. The van der Waals surface area contributed by atoms with Crippen molar-refractivity contribution < 1.29 is 0 Å². The predicted molar refractivity (Wildman–Crippen MR) is 112 cm³/mol. The number of hydrogen-bond acceptors (Lipinski definition) is 3. The van der Waals surface area contributed by atoms with Crippen molar-refractivity contribution in [3.8, 4) is 12.1 Å². The molecule has 124 valence electrons. The molecule has 0 atom stereocenters. The van der Waals surface area contributed by atoms with Gasteiger partial charge in [0.1, 0.15) is 0 Å². The summed E-state index contributed by atoms with van der Waals surface area (Å²) < 4.78 is 0.979. The molecule has 0 aliphatic carbocycles. The van der Waals surface area contributed by atoms with Crippen molar-refractivity contribution in [2.24, 2.45) is 0 Å². The molecular formula is C22H13BrN2S. The topological polar surface area (TPSA) is 47.6 Å². The predicted octanol–water partition coefficient (Wildman–Crippen LogP) is 6.64. The first-order chi connectivity index (χ1) is 12.7. The quantitative estimate of drug-likeness (QED) is 0.447. The van der Waals surface area contributed by atoms with Crippen LogP contribution < -0.4 is 0 Å². The highest BCUT2D eigenvalue weighted by molar-refractivity contribution is 9.10. The minimum absolute atomic E-state index is 0.610. The average molecular weight is 417 g/mol. The zero-order chi connectivity index (χ0) is 18.4. The van der Waals surface area contributed by atoms with Gasteiger partial charge in [-0.2, -0.15) is 10.5 Å². The maximum atomic E-state index is 9.47. The lowest BCUT2D eigenvalue weighted by Crippen LogP contribution is -1.80. The molecule has 0 bridgehead atoms. The monoisotopic (exact) mass is 416 g/mol. The molecule has 0 amide bonds. The Labute approximate surface area is 165 Å². The smallest absolute Gasteiger partial charge is 0.0998 e. The molecule has 26 heavy (non-hydrogen) atoms. The third-order valence-electron chi connectivity index (χ3n) is 3.70. The molecule has 0 N–H and O–H groups in total. The molecule has 4 heteroatoms. The van der Waals surface area contributed by atoms with Crippen LogP contribution in [0.2, 0.25) is 0 Å². The van der Waals surface area contributed by atoms with Gasteiger partial charge in [0.15, 0.2) is 0 Å². The molecule has 3 aromatic rings. The molecule has 2 aromatic carbocycles. The first-order valence-electron chi connectivity index (χ1n) is 7.84. The zero-order valence-electron chi connectivity index (χ0n) is 13.7. The average Bonchev–Trinajstić information content (AvgIpc) is 3.13. The Hall–Kier alpha value is -2.92. The van der Waals surface area contributed by atoms with E-state index in [9.17, 15) is 10.5 Å². The summed E-state index contributed by atoms with van der Waals surface area (Å²) in [6.45, 7) is 0. The van der Waals surface area contributed by atoms with Crippen molar-refractivity contribution in [1.29, 1.82) is 10.5 Å². The maximum Gasteiger partial charge on any atom is 0.0998 e. The Kier molecular flexibility index (Phi) is 5.81. The van der Waals surface area contributed by atoms with Crippen molar-refractivity contribution in [1.82, 2.24) is 0 Å².